The summed E-state index contributed by atoms with van der Waals surface area (Å²) < 4.78 is 30.9. The van der Waals surface area contributed by atoms with Crippen LogP contribution in [0.2, 0.25) is 0 Å². The minimum absolute atomic E-state index is 0.00500. The van der Waals surface area contributed by atoms with Crippen molar-refractivity contribution in [3.05, 3.63) is 94.6 Å². The maximum atomic E-state index is 14.2. The third-order valence-corrected chi connectivity index (χ3v) is 5.43. The molecule has 2 aromatic carbocycles. The number of rotatable bonds is 6. The number of aryl methyl sites for hydroxylation is 2. The number of nitrogens with zero attached hydrogens (tertiary/aromatic N) is 4. The predicted octanol–water partition coefficient (Wildman–Crippen LogP) is 5.11. The zero-order valence-corrected chi connectivity index (χ0v) is 18.0. The van der Waals surface area contributed by atoms with Crippen molar-refractivity contribution < 1.29 is 8.78 Å². The van der Waals surface area contributed by atoms with Crippen molar-refractivity contribution in [3.63, 3.8) is 0 Å². The molecular formula is C24H25F2N5. The quantitative estimate of drug-likeness (QED) is 0.471. The van der Waals surface area contributed by atoms with Crippen LogP contribution >= 0.6 is 0 Å². The second kappa shape index (κ2) is 8.43. The number of hydrogen-bond acceptors (Lipinski definition) is 3. The summed E-state index contributed by atoms with van der Waals surface area (Å²) in [7, 11) is 0. The molecule has 160 valence electrons. The van der Waals surface area contributed by atoms with E-state index >= 15 is 0 Å². The lowest BCUT2D eigenvalue weighted by atomic mass is 10.1. The van der Waals surface area contributed by atoms with E-state index in [1.807, 2.05) is 44.5 Å². The average molecular weight is 421 g/mol. The predicted molar refractivity (Wildman–Crippen MR) is 117 cm³/mol. The molecule has 0 radical (unpaired) electrons. The molecule has 0 saturated carbocycles. The van der Waals surface area contributed by atoms with E-state index in [2.05, 4.69) is 33.7 Å². The monoisotopic (exact) mass is 421 g/mol. The van der Waals surface area contributed by atoms with Gasteiger partial charge in [0.15, 0.2) is 5.82 Å². The van der Waals surface area contributed by atoms with Gasteiger partial charge in [-0.15, -0.1) is 0 Å². The Morgan fingerprint density at radius 2 is 1.81 bits per heavy atom. The molecule has 0 amide bonds. The maximum Gasteiger partial charge on any atom is 0.151 e. The molecule has 4 rings (SSSR count). The first-order chi connectivity index (χ1) is 14.8. The second-order valence-corrected chi connectivity index (χ2v) is 7.80. The Bertz CT molecular complexity index is 1220. The minimum Gasteiger partial charge on any atom is -0.306 e. The van der Waals surface area contributed by atoms with Gasteiger partial charge in [0.05, 0.1) is 17.6 Å². The number of hydrogen-bond donors (Lipinski definition) is 1. The normalized spacial score (nSPS) is 12.3. The Hall–Kier alpha value is -3.32. The summed E-state index contributed by atoms with van der Waals surface area (Å²) in [6.07, 6.45) is 1.72. The summed E-state index contributed by atoms with van der Waals surface area (Å²) in [6, 6.07) is 13.8. The summed E-state index contributed by atoms with van der Waals surface area (Å²) in [6.45, 7) is 8.60. The molecule has 0 aliphatic carbocycles. The van der Waals surface area contributed by atoms with Gasteiger partial charge in [0.25, 0.3) is 0 Å². The summed E-state index contributed by atoms with van der Waals surface area (Å²) in [5.41, 5.74) is 6.22. The van der Waals surface area contributed by atoms with Crippen LogP contribution in [0.5, 0.6) is 0 Å². The highest BCUT2D eigenvalue weighted by atomic mass is 19.1. The van der Waals surface area contributed by atoms with Crippen LogP contribution in [-0.4, -0.2) is 19.6 Å². The maximum absolute atomic E-state index is 14.2. The van der Waals surface area contributed by atoms with Gasteiger partial charge in [0, 0.05) is 35.6 Å². The van der Waals surface area contributed by atoms with Crippen LogP contribution in [0.4, 0.5) is 8.78 Å². The molecule has 2 heterocycles. The Morgan fingerprint density at radius 1 is 1.00 bits per heavy atom. The topological polar surface area (TPSA) is 47.7 Å². The molecule has 7 heteroatoms. The molecule has 5 nitrogen and oxygen atoms in total. The summed E-state index contributed by atoms with van der Waals surface area (Å²) in [5, 5.41) is 12.4. The first-order valence-electron chi connectivity index (χ1n) is 10.2. The SMILES string of the molecule is Cc1cc(C)n(-c2cccc(CNC(C)c3cnn(-c4ccc(F)cc4F)c3C)c2)n1. The Labute approximate surface area is 180 Å². The van der Waals surface area contributed by atoms with Crippen LogP contribution < -0.4 is 5.32 Å². The lowest BCUT2D eigenvalue weighted by molar-refractivity contribution is 0.566. The molecule has 31 heavy (non-hydrogen) atoms. The van der Waals surface area contributed by atoms with Gasteiger partial charge in [-0.25, -0.2) is 18.1 Å². The van der Waals surface area contributed by atoms with Gasteiger partial charge in [0.1, 0.15) is 11.5 Å². The van der Waals surface area contributed by atoms with E-state index in [-0.39, 0.29) is 11.7 Å². The highest BCUT2D eigenvalue weighted by molar-refractivity contribution is 5.38. The van der Waals surface area contributed by atoms with Gasteiger partial charge in [-0.05, 0) is 63.6 Å². The number of nitrogens with one attached hydrogen (secondary N) is 1. The van der Waals surface area contributed by atoms with Crippen LogP contribution in [0, 0.1) is 32.4 Å². The van der Waals surface area contributed by atoms with E-state index in [1.165, 1.54) is 16.8 Å². The molecule has 0 spiro atoms. The molecule has 0 aliphatic heterocycles. The van der Waals surface area contributed by atoms with Crippen molar-refractivity contribution in [1.29, 1.82) is 0 Å². The third-order valence-electron chi connectivity index (χ3n) is 5.43. The molecule has 2 aromatic heterocycles. The first-order valence-corrected chi connectivity index (χ1v) is 10.2. The van der Waals surface area contributed by atoms with E-state index in [0.717, 1.165) is 40.0 Å². The summed E-state index contributed by atoms with van der Waals surface area (Å²) in [4.78, 5) is 0. The molecule has 0 fully saturated rings. The number of aromatic nitrogens is 4. The average Bonchev–Trinajstić information content (AvgIpc) is 3.28. The fourth-order valence-electron chi connectivity index (χ4n) is 3.81. The van der Waals surface area contributed by atoms with Crippen molar-refractivity contribution in [2.45, 2.75) is 40.3 Å². The summed E-state index contributed by atoms with van der Waals surface area (Å²) >= 11 is 0. The number of halogens is 2. The van der Waals surface area contributed by atoms with Crippen molar-refractivity contribution in [1.82, 2.24) is 24.9 Å². The van der Waals surface area contributed by atoms with Gasteiger partial charge >= 0.3 is 0 Å². The smallest absolute Gasteiger partial charge is 0.151 e. The Kier molecular flexibility index (Phi) is 5.69. The highest BCUT2D eigenvalue weighted by Gasteiger charge is 2.16. The van der Waals surface area contributed by atoms with E-state index in [1.54, 1.807) is 6.20 Å². The molecule has 1 unspecified atom stereocenters. The molecule has 1 N–H and O–H groups in total. The van der Waals surface area contributed by atoms with Gasteiger partial charge in [-0.2, -0.15) is 10.2 Å². The van der Waals surface area contributed by atoms with Crippen molar-refractivity contribution in [2.24, 2.45) is 0 Å². The van der Waals surface area contributed by atoms with Crippen LogP contribution in [0.1, 0.15) is 41.2 Å². The van der Waals surface area contributed by atoms with E-state index in [0.29, 0.717) is 6.54 Å². The molecule has 1 atom stereocenters. The van der Waals surface area contributed by atoms with E-state index in [9.17, 15) is 8.78 Å². The van der Waals surface area contributed by atoms with Crippen molar-refractivity contribution in [3.8, 4) is 11.4 Å². The number of benzene rings is 2. The van der Waals surface area contributed by atoms with Crippen LogP contribution in [-0.2, 0) is 6.54 Å². The molecule has 0 aliphatic rings. The minimum atomic E-state index is -0.640. The first kappa shape index (κ1) is 20.9. The second-order valence-electron chi connectivity index (χ2n) is 7.80. The van der Waals surface area contributed by atoms with Crippen molar-refractivity contribution in [2.75, 3.05) is 0 Å². The fraction of sp³-hybridized carbons (Fsp3) is 0.250. The van der Waals surface area contributed by atoms with Crippen LogP contribution in [0.25, 0.3) is 11.4 Å². The summed E-state index contributed by atoms with van der Waals surface area (Å²) in [5.74, 6) is -1.25. The van der Waals surface area contributed by atoms with Crippen LogP contribution in [0.15, 0.2) is 54.7 Å². The molecule has 4 aromatic rings. The Morgan fingerprint density at radius 3 is 2.52 bits per heavy atom. The largest absolute Gasteiger partial charge is 0.306 e. The van der Waals surface area contributed by atoms with Gasteiger partial charge in [-0.1, -0.05) is 12.1 Å². The third kappa shape index (κ3) is 4.27. The van der Waals surface area contributed by atoms with Gasteiger partial charge in [0.2, 0.25) is 0 Å². The lowest BCUT2D eigenvalue weighted by Gasteiger charge is -2.15. The Balaban J connectivity index is 1.50. The standard InChI is InChI=1S/C24H25F2N5/c1-15-10-16(2)30(29-15)21-7-5-6-19(11-21)13-27-17(3)22-14-28-31(18(22)4)24-9-8-20(25)12-23(24)26/h5-12,14,17,27H,13H2,1-4H3. The van der Waals surface area contributed by atoms with Gasteiger partial charge < -0.3 is 5.32 Å². The van der Waals surface area contributed by atoms with E-state index in [4.69, 9.17) is 0 Å². The van der Waals surface area contributed by atoms with Crippen LogP contribution in [0.3, 0.4) is 0 Å². The zero-order chi connectivity index (χ0) is 22.1. The lowest BCUT2D eigenvalue weighted by Crippen LogP contribution is -2.19. The highest BCUT2D eigenvalue weighted by Crippen LogP contribution is 2.23. The molecule has 0 bridgehead atoms. The van der Waals surface area contributed by atoms with Gasteiger partial charge in [-0.3, -0.25) is 0 Å². The van der Waals surface area contributed by atoms with Crippen molar-refractivity contribution >= 4 is 0 Å². The van der Waals surface area contributed by atoms with E-state index < -0.39 is 11.6 Å². The molecular weight excluding hydrogens is 396 g/mol. The fourth-order valence-corrected chi connectivity index (χ4v) is 3.81. The molecule has 0 saturated heterocycles. The zero-order valence-electron chi connectivity index (χ0n) is 18.0.